The highest BCUT2D eigenvalue weighted by Crippen LogP contribution is 2.30. The van der Waals surface area contributed by atoms with E-state index < -0.39 is 0 Å². The molecule has 1 aliphatic rings. The Balaban J connectivity index is 1.93. The molecule has 0 bridgehead atoms. The van der Waals surface area contributed by atoms with Crippen LogP contribution in [-0.2, 0) is 0 Å². The van der Waals surface area contributed by atoms with Crippen molar-refractivity contribution in [2.45, 2.75) is 6.04 Å². The summed E-state index contributed by atoms with van der Waals surface area (Å²) in [5, 5.41) is 3.52. The van der Waals surface area contributed by atoms with E-state index in [2.05, 4.69) is 83.8 Å². The molecule has 1 unspecified atom stereocenters. The average Bonchev–Trinajstić information content (AvgIpc) is 2.56. The first-order chi connectivity index (χ1) is 10.3. The van der Waals surface area contributed by atoms with Gasteiger partial charge in [-0.05, 0) is 23.8 Å². The second-order valence-corrected chi connectivity index (χ2v) is 5.74. The van der Waals surface area contributed by atoms with Crippen molar-refractivity contribution in [1.29, 1.82) is 0 Å². The number of nitrogens with zero attached hydrogens (tertiary/aromatic N) is 2. The van der Waals surface area contributed by atoms with E-state index >= 15 is 0 Å². The highest BCUT2D eigenvalue weighted by atomic mass is 15.2. The summed E-state index contributed by atoms with van der Waals surface area (Å²) < 4.78 is 0. The second-order valence-electron chi connectivity index (χ2n) is 5.74. The van der Waals surface area contributed by atoms with Gasteiger partial charge < -0.3 is 15.1 Å². The molecule has 1 fully saturated rings. The minimum absolute atomic E-state index is 0.400. The molecule has 2 aromatic rings. The van der Waals surface area contributed by atoms with Crippen molar-refractivity contribution in [3.63, 3.8) is 0 Å². The molecule has 110 valence electrons. The molecule has 1 heterocycles. The maximum atomic E-state index is 3.52. The van der Waals surface area contributed by atoms with Gasteiger partial charge in [0.1, 0.15) is 0 Å². The number of piperazine rings is 1. The Morgan fingerprint density at radius 2 is 1.86 bits per heavy atom. The van der Waals surface area contributed by atoms with Crippen LogP contribution in [0.5, 0.6) is 0 Å². The first kappa shape index (κ1) is 14.0. The van der Waals surface area contributed by atoms with Crippen LogP contribution in [0.4, 0.5) is 11.4 Å². The fraction of sp³-hybridized carbons (Fsp3) is 0.333. The number of hydrogen-bond acceptors (Lipinski definition) is 3. The van der Waals surface area contributed by atoms with Crippen molar-refractivity contribution >= 4 is 11.4 Å². The van der Waals surface area contributed by atoms with E-state index in [0.717, 1.165) is 19.6 Å². The van der Waals surface area contributed by atoms with Gasteiger partial charge in [0, 0.05) is 45.1 Å². The normalized spacial score (nSPS) is 18.6. The van der Waals surface area contributed by atoms with Gasteiger partial charge in [0.15, 0.2) is 0 Å². The SMILES string of the molecule is CN(C)c1cccc(N2CCNCC2c2ccccc2)c1. The van der Waals surface area contributed by atoms with Crippen LogP contribution in [0.25, 0.3) is 0 Å². The van der Waals surface area contributed by atoms with Gasteiger partial charge in [-0.2, -0.15) is 0 Å². The van der Waals surface area contributed by atoms with Crippen molar-refractivity contribution in [3.8, 4) is 0 Å². The molecule has 1 N–H and O–H groups in total. The topological polar surface area (TPSA) is 18.5 Å². The van der Waals surface area contributed by atoms with Crippen LogP contribution >= 0.6 is 0 Å². The molecule has 0 aromatic heterocycles. The molecule has 1 atom stereocenters. The third-order valence-electron chi connectivity index (χ3n) is 4.11. The van der Waals surface area contributed by atoms with Crippen LogP contribution in [0, 0.1) is 0 Å². The number of nitrogens with one attached hydrogen (secondary N) is 1. The Morgan fingerprint density at radius 3 is 2.62 bits per heavy atom. The molecule has 3 rings (SSSR count). The Morgan fingerprint density at radius 1 is 1.05 bits per heavy atom. The van der Waals surface area contributed by atoms with E-state index in [1.165, 1.54) is 16.9 Å². The van der Waals surface area contributed by atoms with Crippen molar-refractivity contribution in [2.24, 2.45) is 0 Å². The van der Waals surface area contributed by atoms with Crippen LogP contribution in [0.3, 0.4) is 0 Å². The Bertz CT molecular complexity index is 580. The zero-order valence-electron chi connectivity index (χ0n) is 12.8. The fourth-order valence-corrected chi connectivity index (χ4v) is 2.94. The molecular weight excluding hydrogens is 258 g/mol. The summed E-state index contributed by atoms with van der Waals surface area (Å²) in [6.45, 7) is 3.07. The molecule has 3 nitrogen and oxygen atoms in total. The van der Waals surface area contributed by atoms with Gasteiger partial charge in [0.25, 0.3) is 0 Å². The molecule has 21 heavy (non-hydrogen) atoms. The van der Waals surface area contributed by atoms with Crippen molar-refractivity contribution in [2.75, 3.05) is 43.5 Å². The number of rotatable bonds is 3. The quantitative estimate of drug-likeness (QED) is 0.933. The van der Waals surface area contributed by atoms with E-state index in [9.17, 15) is 0 Å². The molecule has 2 aromatic carbocycles. The highest BCUT2D eigenvalue weighted by molar-refractivity contribution is 5.60. The predicted octanol–water partition coefficient (Wildman–Crippen LogP) is 2.90. The Hall–Kier alpha value is -2.00. The van der Waals surface area contributed by atoms with Crippen LogP contribution in [0.1, 0.15) is 11.6 Å². The largest absolute Gasteiger partial charge is 0.378 e. The zero-order valence-corrected chi connectivity index (χ0v) is 12.8. The van der Waals surface area contributed by atoms with Crippen LogP contribution in [0.2, 0.25) is 0 Å². The van der Waals surface area contributed by atoms with Crippen LogP contribution in [0.15, 0.2) is 54.6 Å². The summed E-state index contributed by atoms with van der Waals surface area (Å²) in [5.74, 6) is 0. The van der Waals surface area contributed by atoms with Crippen molar-refractivity contribution < 1.29 is 0 Å². The van der Waals surface area contributed by atoms with Gasteiger partial charge in [-0.1, -0.05) is 36.4 Å². The first-order valence-corrected chi connectivity index (χ1v) is 7.55. The lowest BCUT2D eigenvalue weighted by molar-refractivity contribution is 0.490. The van der Waals surface area contributed by atoms with Gasteiger partial charge in [0.2, 0.25) is 0 Å². The predicted molar refractivity (Wildman–Crippen MR) is 90.2 cm³/mol. The molecule has 0 spiro atoms. The van der Waals surface area contributed by atoms with Gasteiger partial charge in [0.05, 0.1) is 6.04 Å². The number of hydrogen-bond donors (Lipinski definition) is 1. The van der Waals surface area contributed by atoms with E-state index in [-0.39, 0.29) is 0 Å². The van der Waals surface area contributed by atoms with E-state index in [4.69, 9.17) is 0 Å². The lowest BCUT2D eigenvalue weighted by Gasteiger charge is -2.38. The number of anilines is 2. The summed E-state index contributed by atoms with van der Waals surface area (Å²) in [7, 11) is 4.18. The fourth-order valence-electron chi connectivity index (χ4n) is 2.94. The van der Waals surface area contributed by atoms with Crippen LogP contribution in [-0.4, -0.2) is 33.7 Å². The molecule has 1 saturated heterocycles. The summed E-state index contributed by atoms with van der Waals surface area (Å²) in [4.78, 5) is 4.67. The van der Waals surface area contributed by atoms with Gasteiger partial charge in [-0.25, -0.2) is 0 Å². The number of benzene rings is 2. The average molecular weight is 281 g/mol. The van der Waals surface area contributed by atoms with E-state index in [0.29, 0.717) is 6.04 Å². The highest BCUT2D eigenvalue weighted by Gasteiger charge is 2.24. The molecule has 0 aliphatic carbocycles. The molecule has 0 amide bonds. The molecule has 0 radical (unpaired) electrons. The lowest BCUT2D eigenvalue weighted by atomic mass is 10.0. The van der Waals surface area contributed by atoms with Crippen molar-refractivity contribution in [3.05, 3.63) is 60.2 Å². The molecule has 3 heteroatoms. The smallest absolute Gasteiger partial charge is 0.0667 e. The third kappa shape index (κ3) is 3.03. The molecule has 1 aliphatic heterocycles. The van der Waals surface area contributed by atoms with Gasteiger partial charge in [-0.3, -0.25) is 0 Å². The van der Waals surface area contributed by atoms with Crippen LogP contribution < -0.4 is 15.1 Å². The lowest BCUT2D eigenvalue weighted by Crippen LogP contribution is -2.46. The van der Waals surface area contributed by atoms with E-state index in [1.54, 1.807) is 0 Å². The Labute approximate surface area is 127 Å². The maximum Gasteiger partial charge on any atom is 0.0667 e. The van der Waals surface area contributed by atoms with E-state index in [1.807, 2.05) is 0 Å². The zero-order chi connectivity index (χ0) is 14.7. The monoisotopic (exact) mass is 281 g/mol. The summed E-state index contributed by atoms with van der Waals surface area (Å²) in [5.41, 5.74) is 3.93. The second kappa shape index (κ2) is 6.19. The summed E-state index contributed by atoms with van der Waals surface area (Å²) in [6.07, 6.45) is 0. The summed E-state index contributed by atoms with van der Waals surface area (Å²) in [6, 6.07) is 20.0. The third-order valence-corrected chi connectivity index (χ3v) is 4.11. The minimum atomic E-state index is 0.400. The standard InChI is InChI=1S/C18H23N3/c1-20(2)16-9-6-10-17(13-16)21-12-11-19-14-18(21)15-7-4-3-5-8-15/h3-10,13,18-19H,11-12,14H2,1-2H3. The van der Waals surface area contributed by atoms with Gasteiger partial charge in [-0.15, -0.1) is 0 Å². The van der Waals surface area contributed by atoms with Crippen molar-refractivity contribution in [1.82, 2.24) is 5.32 Å². The minimum Gasteiger partial charge on any atom is -0.378 e. The summed E-state index contributed by atoms with van der Waals surface area (Å²) >= 11 is 0. The molecular formula is C18H23N3. The molecule has 0 saturated carbocycles. The maximum absolute atomic E-state index is 3.52. The van der Waals surface area contributed by atoms with Gasteiger partial charge >= 0.3 is 0 Å². The first-order valence-electron chi connectivity index (χ1n) is 7.55. The Kier molecular flexibility index (Phi) is 4.11.